The molecular weight excluding hydrogens is 248 g/mol. The quantitative estimate of drug-likeness (QED) is 0.599. The summed E-state index contributed by atoms with van der Waals surface area (Å²) >= 11 is 0. The SMILES string of the molecule is CCN(CC)C(=O)CCCN(CCOC)CC(=O)O. The Morgan fingerprint density at radius 2 is 1.79 bits per heavy atom. The maximum atomic E-state index is 11.8. The van der Waals surface area contributed by atoms with E-state index in [1.807, 2.05) is 13.8 Å². The molecule has 0 unspecified atom stereocenters. The molecule has 0 saturated carbocycles. The molecule has 0 saturated heterocycles. The van der Waals surface area contributed by atoms with E-state index in [0.717, 1.165) is 13.1 Å². The van der Waals surface area contributed by atoms with Crippen molar-refractivity contribution in [1.82, 2.24) is 9.80 Å². The summed E-state index contributed by atoms with van der Waals surface area (Å²) in [6, 6.07) is 0. The molecule has 19 heavy (non-hydrogen) atoms. The number of ether oxygens (including phenoxy) is 1. The van der Waals surface area contributed by atoms with Crippen molar-refractivity contribution in [2.75, 3.05) is 46.4 Å². The number of aliphatic carboxylic acids is 1. The minimum Gasteiger partial charge on any atom is -0.480 e. The van der Waals surface area contributed by atoms with Crippen molar-refractivity contribution in [3.8, 4) is 0 Å². The summed E-state index contributed by atoms with van der Waals surface area (Å²) in [4.78, 5) is 26.1. The van der Waals surface area contributed by atoms with Crippen LogP contribution in [-0.4, -0.2) is 73.2 Å². The van der Waals surface area contributed by atoms with Crippen LogP contribution in [-0.2, 0) is 14.3 Å². The third-order valence-corrected chi connectivity index (χ3v) is 2.95. The first kappa shape index (κ1) is 17.9. The molecule has 112 valence electrons. The first-order valence-corrected chi connectivity index (χ1v) is 6.75. The van der Waals surface area contributed by atoms with Crippen LogP contribution in [0.5, 0.6) is 0 Å². The summed E-state index contributed by atoms with van der Waals surface area (Å²) in [7, 11) is 1.59. The van der Waals surface area contributed by atoms with Crippen LogP contribution >= 0.6 is 0 Å². The van der Waals surface area contributed by atoms with E-state index in [9.17, 15) is 9.59 Å². The van der Waals surface area contributed by atoms with Gasteiger partial charge >= 0.3 is 5.97 Å². The molecule has 1 amide bonds. The lowest BCUT2D eigenvalue weighted by Crippen LogP contribution is -2.35. The molecule has 0 aromatic carbocycles. The maximum Gasteiger partial charge on any atom is 0.317 e. The number of carbonyl (C=O) groups is 2. The summed E-state index contributed by atoms with van der Waals surface area (Å²) < 4.78 is 4.94. The summed E-state index contributed by atoms with van der Waals surface area (Å²) in [6.07, 6.45) is 1.14. The van der Waals surface area contributed by atoms with Gasteiger partial charge in [-0.15, -0.1) is 0 Å². The minimum absolute atomic E-state index is 0.0111. The van der Waals surface area contributed by atoms with Crippen LogP contribution in [0.15, 0.2) is 0 Å². The van der Waals surface area contributed by atoms with E-state index in [4.69, 9.17) is 9.84 Å². The van der Waals surface area contributed by atoms with Crippen molar-refractivity contribution in [3.63, 3.8) is 0 Å². The van der Waals surface area contributed by atoms with Gasteiger partial charge in [0.1, 0.15) is 0 Å². The second kappa shape index (κ2) is 10.8. The lowest BCUT2D eigenvalue weighted by atomic mass is 10.2. The van der Waals surface area contributed by atoms with Gasteiger partial charge < -0.3 is 14.7 Å². The Hall–Kier alpha value is -1.14. The summed E-state index contributed by atoms with van der Waals surface area (Å²) in [6.45, 7) is 7.01. The predicted molar refractivity (Wildman–Crippen MR) is 73.1 cm³/mol. The van der Waals surface area contributed by atoms with Crippen LogP contribution < -0.4 is 0 Å². The van der Waals surface area contributed by atoms with Gasteiger partial charge in [0.15, 0.2) is 0 Å². The molecule has 0 aromatic rings. The van der Waals surface area contributed by atoms with Crippen LogP contribution in [0.3, 0.4) is 0 Å². The number of carboxylic acid groups (broad SMARTS) is 1. The van der Waals surface area contributed by atoms with E-state index in [-0.39, 0.29) is 12.5 Å². The third kappa shape index (κ3) is 8.56. The van der Waals surface area contributed by atoms with E-state index in [1.165, 1.54) is 0 Å². The maximum absolute atomic E-state index is 11.8. The molecule has 0 rings (SSSR count). The van der Waals surface area contributed by atoms with Crippen LogP contribution in [0.1, 0.15) is 26.7 Å². The Morgan fingerprint density at radius 1 is 1.16 bits per heavy atom. The minimum atomic E-state index is -0.855. The predicted octanol–water partition coefficient (Wildman–Crippen LogP) is 0.668. The number of hydrogen-bond donors (Lipinski definition) is 1. The van der Waals surface area contributed by atoms with Crippen molar-refractivity contribution >= 4 is 11.9 Å². The van der Waals surface area contributed by atoms with E-state index < -0.39 is 5.97 Å². The zero-order valence-corrected chi connectivity index (χ0v) is 12.2. The second-order valence-corrected chi connectivity index (χ2v) is 4.33. The molecule has 0 aromatic heterocycles. The van der Waals surface area contributed by atoms with E-state index in [0.29, 0.717) is 32.5 Å². The number of methoxy groups -OCH3 is 1. The molecule has 0 aliphatic heterocycles. The highest BCUT2D eigenvalue weighted by atomic mass is 16.5. The number of nitrogens with zero attached hydrogens (tertiary/aromatic N) is 2. The van der Waals surface area contributed by atoms with Crippen LogP contribution in [0, 0.1) is 0 Å². The Balaban J connectivity index is 4.02. The first-order chi connectivity index (χ1) is 9.04. The molecule has 0 spiro atoms. The van der Waals surface area contributed by atoms with Gasteiger partial charge in [-0.3, -0.25) is 14.5 Å². The zero-order chi connectivity index (χ0) is 14.7. The van der Waals surface area contributed by atoms with Crippen molar-refractivity contribution in [2.24, 2.45) is 0 Å². The zero-order valence-electron chi connectivity index (χ0n) is 12.2. The fourth-order valence-corrected chi connectivity index (χ4v) is 1.87. The molecule has 0 fully saturated rings. The van der Waals surface area contributed by atoms with Crippen molar-refractivity contribution < 1.29 is 19.4 Å². The molecule has 0 bridgehead atoms. The number of rotatable bonds is 11. The molecule has 6 nitrogen and oxygen atoms in total. The fourth-order valence-electron chi connectivity index (χ4n) is 1.87. The average Bonchev–Trinajstić information content (AvgIpc) is 2.36. The number of carboxylic acids is 1. The van der Waals surface area contributed by atoms with Crippen molar-refractivity contribution in [3.05, 3.63) is 0 Å². The Morgan fingerprint density at radius 3 is 2.26 bits per heavy atom. The fraction of sp³-hybridized carbons (Fsp3) is 0.846. The van der Waals surface area contributed by atoms with E-state index in [2.05, 4.69) is 0 Å². The molecule has 0 atom stereocenters. The monoisotopic (exact) mass is 274 g/mol. The highest BCUT2D eigenvalue weighted by molar-refractivity contribution is 5.76. The highest BCUT2D eigenvalue weighted by Gasteiger charge is 2.12. The van der Waals surface area contributed by atoms with Gasteiger partial charge in [-0.25, -0.2) is 0 Å². The van der Waals surface area contributed by atoms with Gasteiger partial charge in [0.05, 0.1) is 13.2 Å². The molecule has 0 aliphatic carbocycles. The Labute approximate surface area is 115 Å². The lowest BCUT2D eigenvalue weighted by Gasteiger charge is -2.21. The molecule has 6 heteroatoms. The topological polar surface area (TPSA) is 70.1 Å². The Bertz CT molecular complexity index is 267. The van der Waals surface area contributed by atoms with Gasteiger partial charge in [0, 0.05) is 33.2 Å². The van der Waals surface area contributed by atoms with Crippen LogP contribution in [0.2, 0.25) is 0 Å². The average molecular weight is 274 g/mol. The molecule has 1 N–H and O–H groups in total. The van der Waals surface area contributed by atoms with Crippen LogP contribution in [0.4, 0.5) is 0 Å². The van der Waals surface area contributed by atoms with Crippen molar-refractivity contribution in [2.45, 2.75) is 26.7 Å². The molecular formula is C13H26N2O4. The van der Waals surface area contributed by atoms with E-state index >= 15 is 0 Å². The summed E-state index contributed by atoms with van der Waals surface area (Å²) in [5.41, 5.74) is 0. The largest absolute Gasteiger partial charge is 0.480 e. The first-order valence-electron chi connectivity index (χ1n) is 6.75. The lowest BCUT2D eigenvalue weighted by molar-refractivity contribution is -0.138. The smallest absolute Gasteiger partial charge is 0.317 e. The van der Waals surface area contributed by atoms with E-state index in [1.54, 1.807) is 16.9 Å². The van der Waals surface area contributed by atoms with Gasteiger partial charge in [-0.2, -0.15) is 0 Å². The summed E-state index contributed by atoms with van der Waals surface area (Å²) in [5.74, 6) is -0.724. The van der Waals surface area contributed by atoms with Gasteiger partial charge in [0.25, 0.3) is 0 Å². The standard InChI is InChI=1S/C13H26N2O4/c1-4-15(5-2)12(16)7-6-8-14(9-10-19-3)11-13(17)18/h4-11H2,1-3H3,(H,17,18). The van der Waals surface area contributed by atoms with Crippen LogP contribution in [0.25, 0.3) is 0 Å². The molecule has 0 radical (unpaired) electrons. The number of carbonyl (C=O) groups excluding carboxylic acids is 1. The third-order valence-electron chi connectivity index (χ3n) is 2.95. The van der Waals surface area contributed by atoms with Gasteiger partial charge in [-0.1, -0.05) is 0 Å². The second-order valence-electron chi connectivity index (χ2n) is 4.33. The molecule has 0 aliphatic rings. The molecule has 0 heterocycles. The number of hydrogen-bond acceptors (Lipinski definition) is 4. The Kier molecular flexibility index (Phi) is 10.1. The normalized spacial score (nSPS) is 10.7. The highest BCUT2D eigenvalue weighted by Crippen LogP contribution is 2.00. The van der Waals surface area contributed by atoms with Crippen molar-refractivity contribution in [1.29, 1.82) is 0 Å². The summed E-state index contributed by atoms with van der Waals surface area (Å²) in [5, 5.41) is 8.80. The number of amides is 1. The van der Waals surface area contributed by atoms with Gasteiger partial charge in [0.2, 0.25) is 5.91 Å². The van der Waals surface area contributed by atoms with Gasteiger partial charge in [-0.05, 0) is 26.8 Å².